The minimum Gasteiger partial charge on any atom is -0.481 e. The molecule has 0 aliphatic heterocycles. The van der Waals surface area contributed by atoms with E-state index in [1.165, 1.54) is 0 Å². The highest BCUT2D eigenvalue weighted by Gasteiger charge is 2.15. The summed E-state index contributed by atoms with van der Waals surface area (Å²) in [7, 11) is 0. The van der Waals surface area contributed by atoms with Gasteiger partial charge < -0.3 is 15.7 Å². The van der Waals surface area contributed by atoms with Crippen molar-refractivity contribution in [2.75, 3.05) is 6.54 Å². The van der Waals surface area contributed by atoms with Crippen LogP contribution in [0.3, 0.4) is 0 Å². The van der Waals surface area contributed by atoms with E-state index in [1.54, 1.807) is 6.92 Å². The van der Waals surface area contributed by atoms with Crippen LogP contribution in [0.1, 0.15) is 59.8 Å². The maximum Gasteiger partial charge on any atom is 0.306 e. The summed E-state index contributed by atoms with van der Waals surface area (Å²) in [5, 5.41) is 14.9. The smallest absolute Gasteiger partial charge is 0.306 e. The second-order valence-corrected chi connectivity index (χ2v) is 5.60. The summed E-state index contributed by atoms with van der Waals surface area (Å²) in [6.45, 7) is 8.43. The van der Waals surface area contributed by atoms with E-state index in [0.29, 0.717) is 6.42 Å². The highest BCUT2D eigenvalue weighted by atomic mass is 16.4. The molecule has 0 radical (unpaired) electrons. The van der Waals surface area contributed by atoms with Gasteiger partial charge in [-0.3, -0.25) is 9.59 Å². The van der Waals surface area contributed by atoms with Gasteiger partial charge in [-0.05, 0) is 33.1 Å². The van der Waals surface area contributed by atoms with E-state index in [4.69, 9.17) is 5.11 Å². The number of hydrogen-bond donors (Lipinski definition) is 3. The summed E-state index contributed by atoms with van der Waals surface area (Å²) < 4.78 is 0. The number of aliphatic carboxylic acids is 1. The third-order valence-electron chi connectivity index (χ3n) is 3.45. The van der Waals surface area contributed by atoms with E-state index in [2.05, 4.69) is 17.6 Å². The number of amides is 1. The molecule has 0 aliphatic rings. The fourth-order valence-corrected chi connectivity index (χ4v) is 1.98. The molecule has 20 heavy (non-hydrogen) atoms. The molecule has 0 aromatic heterocycles. The van der Waals surface area contributed by atoms with Crippen molar-refractivity contribution >= 4 is 11.9 Å². The van der Waals surface area contributed by atoms with Crippen molar-refractivity contribution in [3.8, 4) is 0 Å². The highest BCUT2D eigenvalue weighted by Crippen LogP contribution is 2.09. The molecule has 0 rings (SSSR count). The number of unbranched alkanes of at least 4 members (excludes halogenated alkanes) is 1. The normalized spacial score (nSPS) is 15.4. The second kappa shape index (κ2) is 10.7. The van der Waals surface area contributed by atoms with Crippen LogP contribution in [-0.2, 0) is 9.59 Å². The number of carbonyl (C=O) groups excluding carboxylic acids is 1. The topological polar surface area (TPSA) is 78.4 Å². The van der Waals surface area contributed by atoms with Crippen LogP contribution in [0.4, 0.5) is 0 Å². The monoisotopic (exact) mass is 286 g/mol. The van der Waals surface area contributed by atoms with E-state index in [-0.39, 0.29) is 23.9 Å². The molecule has 5 heteroatoms. The van der Waals surface area contributed by atoms with Crippen molar-refractivity contribution in [1.29, 1.82) is 0 Å². The van der Waals surface area contributed by atoms with Crippen molar-refractivity contribution in [2.24, 2.45) is 5.92 Å². The van der Waals surface area contributed by atoms with Gasteiger partial charge in [0.15, 0.2) is 0 Å². The third-order valence-corrected chi connectivity index (χ3v) is 3.45. The van der Waals surface area contributed by atoms with Crippen molar-refractivity contribution in [1.82, 2.24) is 10.6 Å². The Morgan fingerprint density at radius 1 is 1.10 bits per heavy atom. The molecule has 0 aliphatic carbocycles. The fourth-order valence-electron chi connectivity index (χ4n) is 1.98. The summed E-state index contributed by atoms with van der Waals surface area (Å²) in [5.41, 5.74) is 0. The SMILES string of the molecule is CCCCNC(=O)C(C)NC(C)CCCC(C)C(=O)O. The molecular weight excluding hydrogens is 256 g/mol. The zero-order valence-electron chi connectivity index (χ0n) is 13.2. The van der Waals surface area contributed by atoms with E-state index in [1.807, 2.05) is 13.8 Å². The summed E-state index contributed by atoms with van der Waals surface area (Å²) in [4.78, 5) is 22.5. The van der Waals surface area contributed by atoms with Gasteiger partial charge in [0.25, 0.3) is 0 Å². The summed E-state index contributed by atoms with van der Waals surface area (Å²) >= 11 is 0. The molecule has 0 saturated heterocycles. The molecule has 0 spiro atoms. The minimum atomic E-state index is -0.741. The van der Waals surface area contributed by atoms with E-state index in [9.17, 15) is 9.59 Å². The number of carbonyl (C=O) groups is 2. The quantitative estimate of drug-likeness (QED) is 0.509. The molecule has 5 nitrogen and oxygen atoms in total. The molecular formula is C15H30N2O3. The molecule has 1 amide bonds. The Kier molecular flexibility index (Phi) is 10.1. The van der Waals surface area contributed by atoms with Crippen LogP contribution in [0.15, 0.2) is 0 Å². The molecule has 3 N–H and O–H groups in total. The summed E-state index contributed by atoms with van der Waals surface area (Å²) in [6, 6.07) is 0.00155. The fraction of sp³-hybridized carbons (Fsp3) is 0.867. The Morgan fingerprint density at radius 3 is 2.30 bits per heavy atom. The number of carboxylic acids is 1. The second-order valence-electron chi connectivity index (χ2n) is 5.60. The standard InChI is InChI=1S/C15H30N2O3/c1-5-6-10-16-14(18)13(4)17-12(3)9-7-8-11(2)15(19)20/h11-13,17H,5-10H2,1-4H3,(H,16,18)(H,19,20). The van der Waals surface area contributed by atoms with Crippen LogP contribution in [0.25, 0.3) is 0 Å². The first-order chi connectivity index (χ1) is 9.38. The lowest BCUT2D eigenvalue weighted by atomic mass is 10.0. The lowest BCUT2D eigenvalue weighted by Crippen LogP contribution is -2.45. The summed E-state index contributed by atoms with van der Waals surface area (Å²) in [6.07, 6.45) is 4.48. The Balaban J connectivity index is 3.81. The van der Waals surface area contributed by atoms with Gasteiger partial charge in [-0.2, -0.15) is 0 Å². The van der Waals surface area contributed by atoms with Gasteiger partial charge in [0, 0.05) is 12.6 Å². The van der Waals surface area contributed by atoms with Crippen molar-refractivity contribution < 1.29 is 14.7 Å². The van der Waals surface area contributed by atoms with Crippen LogP contribution in [0.2, 0.25) is 0 Å². The predicted molar refractivity (Wildman–Crippen MR) is 80.6 cm³/mol. The van der Waals surface area contributed by atoms with Crippen LogP contribution >= 0.6 is 0 Å². The molecule has 0 aromatic rings. The summed E-state index contributed by atoms with van der Waals surface area (Å²) in [5.74, 6) is -1.00. The maximum atomic E-state index is 11.8. The average molecular weight is 286 g/mol. The number of carboxylic acid groups (broad SMARTS) is 1. The van der Waals surface area contributed by atoms with E-state index >= 15 is 0 Å². The van der Waals surface area contributed by atoms with Crippen LogP contribution < -0.4 is 10.6 Å². The van der Waals surface area contributed by atoms with Gasteiger partial charge in [0.2, 0.25) is 5.91 Å². The minimum absolute atomic E-state index is 0.0317. The average Bonchev–Trinajstić information content (AvgIpc) is 2.38. The first kappa shape index (κ1) is 18.9. The largest absolute Gasteiger partial charge is 0.481 e. The molecule has 118 valence electrons. The molecule has 3 atom stereocenters. The number of hydrogen-bond acceptors (Lipinski definition) is 3. The van der Waals surface area contributed by atoms with Gasteiger partial charge in [0.1, 0.15) is 0 Å². The van der Waals surface area contributed by atoms with E-state index < -0.39 is 5.97 Å². The predicted octanol–water partition coefficient (Wildman–Crippen LogP) is 2.16. The Hall–Kier alpha value is -1.10. The maximum absolute atomic E-state index is 11.8. The van der Waals surface area contributed by atoms with Crippen LogP contribution in [0, 0.1) is 5.92 Å². The van der Waals surface area contributed by atoms with Crippen LogP contribution in [0.5, 0.6) is 0 Å². The molecule has 0 fully saturated rings. The third kappa shape index (κ3) is 8.91. The van der Waals surface area contributed by atoms with Gasteiger partial charge in [-0.1, -0.05) is 26.7 Å². The number of nitrogens with one attached hydrogen (secondary N) is 2. The van der Waals surface area contributed by atoms with Crippen molar-refractivity contribution in [2.45, 2.75) is 71.9 Å². The van der Waals surface area contributed by atoms with Gasteiger partial charge in [0.05, 0.1) is 12.0 Å². The van der Waals surface area contributed by atoms with Crippen molar-refractivity contribution in [3.63, 3.8) is 0 Å². The Labute approximate surface area is 122 Å². The number of rotatable bonds is 11. The van der Waals surface area contributed by atoms with Gasteiger partial charge in [-0.15, -0.1) is 0 Å². The lowest BCUT2D eigenvalue weighted by molar-refractivity contribution is -0.141. The first-order valence-corrected chi connectivity index (χ1v) is 7.65. The zero-order chi connectivity index (χ0) is 15.5. The molecule has 3 unspecified atom stereocenters. The first-order valence-electron chi connectivity index (χ1n) is 7.65. The van der Waals surface area contributed by atoms with Crippen molar-refractivity contribution in [3.05, 3.63) is 0 Å². The van der Waals surface area contributed by atoms with Gasteiger partial charge in [-0.25, -0.2) is 0 Å². The molecule has 0 aromatic carbocycles. The highest BCUT2D eigenvalue weighted by molar-refractivity contribution is 5.81. The zero-order valence-corrected chi connectivity index (χ0v) is 13.2. The van der Waals surface area contributed by atoms with E-state index in [0.717, 1.165) is 32.2 Å². The van der Waals surface area contributed by atoms with Gasteiger partial charge >= 0.3 is 5.97 Å². The molecule has 0 heterocycles. The lowest BCUT2D eigenvalue weighted by Gasteiger charge is -2.20. The van der Waals surface area contributed by atoms with Crippen LogP contribution in [-0.4, -0.2) is 35.6 Å². The molecule has 0 bridgehead atoms. The molecule has 0 saturated carbocycles. The Morgan fingerprint density at radius 2 is 1.75 bits per heavy atom. The Bertz CT molecular complexity index is 295.